The van der Waals surface area contributed by atoms with Gasteiger partial charge in [-0.1, -0.05) is 108 Å². The van der Waals surface area contributed by atoms with Crippen LogP contribution in [-0.2, 0) is 11.8 Å². The Morgan fingerprint density at radius 1 is 1.00 bits per heavy atom. The number of hydrogen-bond acceptors (Lipinski definition) is 5. The van der Waals surface area contributed by atoms with Crippen molar-refractivity contribution in [3.8, 4) is 12.8 Å². The first-order valence-electron chi connectivity index (χ1n) is 17.1. The van der Waals surface area contributed by atoms with Crippen LogP contribution in [0.4, 0.5) is 11.6 Å². The second-order valence-corrected chi connectivity index (χ2v) is 11.0. The molecule has 0 atom stereocenters. The Balaban J connectivity index is -0.000000331. The van der Waals surface area contributed by atoms with Crippen molar-refractivity contribution in [2.75, 3.05) is 5.32 Å². The minimum atomic E-state index is -0.0150. The first-order valence-corrected chi connectivity index (χ1v) is 17.1. The van der Waals surface area contributed by atoms with E-state index in [1.54, 1.807) is 6.20 Å². The summed E-state index contributed by atoms with van der Waals surface area (Å²) < 4.78 is 0. The lowest BCUT2D eigenvalue weighted by Gasteiger charge is -2.23. The third-order valence-electron chi connectivity index (χ3n) is 5.69. The second-order valence-electron chi connectivity index (χ2n) is 11.0. The van der Waals surface area contributed by atoms with E-state index in [-0.39, 0.29) is 11.2 Å². The molecule has 1 saturated carbocycles. The molecule has 1 aromatic carbocycles. The van der Waals surface area contributed by atoms with Crippen LogP contribution in [-0.4, -0.2) is 21.5 Å². The highest BCUT2D eigenvalue weighted by Gasteiger charge is 2.25. The van der Waals surface area contributed by atoms with Gasteiger partial charge in [-0.3, -0.25) is 9.79 Å². The number of Topliss-reactive ketones (excluding diaryl/α,β-unsaturated/α-hetero) is 1. The van der Waals surface area contributed by atoms with Crippen molar-refractivity contribution in [1.82, 2.24) is 9.97 Å². The summed E-state index contributed by atoms with van der Waals surface area (Å²) in [5, 5.41) is 3.25. The SMILES string of the molecule is C#C.C/C=C(\N=C(C)C)C1CC1.CC.CC.CC.CCC.CCCc1cc(Nc2ncc(C(C)=O)c(C)n2)ccc1C(C)(C)C. The first kappa shape index (κ1) is 48.6. The molecule has 1 N–H and O–H groups in total. The molecule has 5 nitrogen and oxygen atoms in total. The zero-order chi connectivity index (χ0) is 36.2. The van der Waals surface area contributed by atoms with Gasteiger partial charge in [-0.2, -0.15) is 0 Å². The van der Waals surface area contributed by atoms with Crippen molar-refractivity contribution < 1.29 is 4.79 Å². The van der Waals surface area contributed by atoms with Crippen molar-refractivity contribution in [2.24, 2.45) is 10.9 Å². The van der Waals surface area contributed by atoms with Crippen LogP contribution >= 0.6 is 0 Å². The van der Waals surface area contributed by atoms with Crippen LogP contribution in [0.25, 0.3) is 0 Å². The topological polar surface area (TPSA) is 67.2 Å². The number of ketones is 1. The third kappa shape index (κ3) is 22.0. The first-order chi connectivity index (χ1) is 21.4. The Labute approximate surface area is 280 Å². The van der Waals surface area contributed by atoms with Crippen LogP contribution < -0.4 is 5.32 Å². The minimum Gasteiger partial charge on any atom is -0.324 e. The van der Waals surface area contributed by atoms with E-state index in [2.05, 4.69) is 106 Å². The van der Waals surface area contributed by atoms with Crippen LogP contribution in [0.5, 0.6) is 0 Å². The minimum absolute atomic E-state index is 0.0150. The smallest absolute Gasteiger partial charge is 0.227 e. The molecule has 1 fully saturated rings. The molecule has 0 radical (unpaired) electrons. The standard InChI is InChI=1S/C20H27N3O.C9H15N.C3H8.3C2H6.C2H2/c1-7-8-15-11-16(9-10-18(15)20(4,5)6)23-19-21-12-17(14(3)24)13(2)22-19;1-4-9(8-5-6-8)10-7(2)3;1-3-2;4*1-2/h9-12H,7-8H2,1-6H3,(H,21,22,23);4,8H,5-6H2,1-3H3;3H2,1-2H3;3*1-2H3;1-2H/b;9-4-;;;;;. The summed E-state index contributed by atoms with van der Waals surface area (Å²) in [7, 11) is 0. The van der Waals surface area contributed by atoms with E-state index in [0.29, 0.717) is 17.2 Å². The molecule has 0 aliphatic heterocycles. The number of aromatic nitrogens is 2. The number of allylic oxidation sites excluding steroid dienone is 2. The van der Waals surface area contributed by atoms with E-state index in [4.69, 9.17) is 0 Å². The van der Waals surface area contributed by atoms with Crippen molar-refractivity contribution >= 4 is 23.1 Å². The fourth-order valence-electron chi connectivity index (χ4n) is 3.91. The van der Waals surface area contributed by atoms with Gasteiger partial charge in [-0.25, -0.2) is 9.97 Å². The fourth-order valence-corrected chi connectivity index (χ4v) is 3.91. The molecule has 45 heavy (non-hydrogen) atoms. The monoisotopic (exact) mass is 623 g/mol. The van der Waals surface area contributed by atoms with E-state index in [0.717, 1.165) is 24.4 Å². The van der Waals surface area contributed by atoms with Gasteiger partial charge in [0.25, 0.3) is 0 Å². The molecule has 1 aliphatic carbocycles. The summed E-state index contributed by atoms with van der Waals surface area (Å²) in [5.41, 5.74) is 7.54. The number of aliphatic imine (C=N–C) groups is 1. The lowest BCUT2D eigenvalue weighted by Crippen LogP contribution is -2.14. The van der Waals surface area contributed by atoms with Gasteiger partial charge in [0.05, 0.1) is 11.3 Å². The fraction of sp³-hybridized carbons (Fsp3) is 0.600. The number of terminal acetylenes is 1. The summed E-state index contributed by atoms with van der Waals surface area (Å²) in [6.45, 7) is 34.7. The highest BCUT2D eigenvalue weighted by molar-refractivity contribution is 5.94. The van der Waals surface area contributed by atoms with E-state index >= 15 is 0 Å². The largest absolute Gasteiger partial charge is 0.324 e. The van der Waals surface area contributed by atoms with Crippen LogP contribution in [0, 0.1) is 25.7 Å². The number of anilines is 2. The quantitative estimate of drug-likeness (QED) is 0.189. The molecule has 256 valence electrons. The normalized spacial score (nSPS) is 11.1. The summed E-state index contributed by atoms with van der Waals surface area (Å²) in [6, 6.07) is 6.43. The number of aryl methyl sites for hydroxylation is 2. The number of nitrogens with one attached hydrogen (secondary N) is 1. The zero-order valence-corrected chi connectivity index (χ0v) is 32.4. The van der Waals surface area contributed by atoms with Crippen LogP contribution in [0.15, 0.2) is 41.2 Å². The van der Waals surface area contributed by atoms with Gasteiger partial charge in [0.1, 0.15) is 0 Å². The highest BCUT2D eigenvalue weighted by atomic mass is 16.1. The van der Waals surface area contributed by atoms with Gasteiger partial charge < -0.3 is 5.32 Å². The Morgan fingerprint density at radius 2 is 1.51 bits per heavy atom. The molecule has 0 bridgehead atoms. The van der Waals surface area contributed by atoms with Crippen molar-refractivity contribution in [2.45, 2.75) is 155 Å². The third-order valence-corrected chi connectivity index (χ3v) is 5.69. The average molecular weight is 623 g/mol. The molecule has 0 amide bonds. The number of hydrogen-bond donors (Lipinski definition) is 1. The molecule has 1 heterocycles. The second kappa shape index (κ2) is 29.5. The predicted molar refractivity (Wildman–Crippen MR) is 204 cm³/mol. The zero-order valence-electron chi connectivity index (χ0n) is 32.4. The molecule has 0 unspecified atom stereocenters. The molecule has 1 aliphatic rings. The Bertz CT molecular complexity index is 1110. The van der Waals surface area contributed by atoms with Gasteiger partial charge in [0.15, 0.2) is 5.78 Å². The van der Waals surface area contributed by atoms with E-state index in [1.807, 2.05) is 62.3 Å². The predicted octanol–water partition coefficient (Wildman–Crippen LogP) is 12.5. The molecule has 2 aromatic rings. The van der Waals surface area contributed by atoms with Gasteiger partial charge in [-0.15, -0.1) is 12.8 Å². The number of carbonyl (C=O) groups is 1. The molecule has 1 aromatic heterocycles. The maximum absolute atomic E-state index is 11.5. The average Bonchev–Trinajstić information content (AvgIpc) is 3.86. The number of carbonyl (C=O) groups excluding carboxylic acids is 1. The van der Waals surface area contributed by atoms with Crippen LogP contribution in [0.3, 0.4) is 0 Å². The lowest BCUT2D eigenvalue weighted by atomic mass is 9.82. The number of nitrogens with zero attached hydrogens (tertiary/aromatic N) is 3. The summed E-state index contributed by atoms with van der Waals surface area (Å²) in [6.07, 6.45) is 17.8. The lowest BCUT2D eigenvalue weighted by molar-refractivity contribution is 0.101. The van der Waals surface area contributed by atoms with Crippen molar-refractivity contribution in [1.29, 1.82) is 0 Å². The van der Waals surface area contributed by atoms with Crippen LogP contribution in [0.1, 0.15) is 164 Å². The summed E-state index contributed by atoms with van der Waals surface area (Å²) in [5.74, 6) is 1.29. The van der Waals surface area contributed by atoms with Crippen molar-refractivity contribution in [3.63, 3.8) is 0 Å². The molecule has 3 rings (SSSR count). The van der Waals surface area contributed by atoms with Gasteiger partial charge in [0.2, 0.25) is 5.95 Å². The maximum Gasteiger partial charge on any atom is 0.227 e. The van der Waals surface area contributed by atoms with Crippen molar-refractivity contribution in [3.05, 3.63) is 58.6 Å². The van der Waals surface area contributed by atoms with E-state index in [9.17, 15) is 4.79 Å². The van der Waals surface area contributed by atoms with Gasteiger partial charge >= 0.3 is 0 Å². The number of rotatable bonds is 7. The van der Waals surface area contributed by atoms with Gasteiger partial charge in [0, 0.05) is 29.2 Å². The number of benzene rings is 1. The molecule has 0 spiro atoms. The molecule has 5 heteroatoms. The Morgan fingerprint density at radius 3 is 1.87 bits per heavy atom. The maximum atomic E-state index is 11.5. The van der Waals surface area contributed by atoms with E-state index < -0.39 is 0 Å². The summed E-state index contributed by atoms with van der Waals surface area (Å²) in [4.78, 5) is 24.6. The molecular weight excluding hydrogens is 552 g/mol. The summed E-state index contributed by atoms with van der Waals surface area (Å²) >= 11 is 0. The highest BCUT2D eigenvalue weighted by Crippen LogP contribution is 2.37. The van der Waals surface area contributed by atoms with Crippen LogP contribution in [0.2, 0.25) is 0 Å². The molecular formula is C40H70N4O. The Hall–Kier alpha value is -3.26. The Kier molecular flexibility index (Phi) is 31.8. The molecule has 0 saturated heterocycles. The van der Waals surface area contributed by atoms with E-state index in [1.165, 1.54) is 48.7 Å². The van der Waals surface area contributed by atoms with Gasteiger partial charge in [-0.05, 0) is 82.6 Å².